The number of anilines is 1. The lowest BCUT2D eigenvalue weighted by atomic mass is 9.90. The van der Waals surface area contributed by atoms with Crippen molar-refractivity contribution in [3.63, 3.8) is 0 Å². The zero-order chi connectivity index (χ0) is 19.3. The molecule has 1 N–H and O–H groups in total. The summed E-state index contributed by atoms with van der Waals surface area (Å²) in [6.45, 7) is 1.87. The highest BCUT2D eigenvalue weighted by Crippen LogP contribution is 2.29. The predicted octanol–water partition coefficient (Wildman–Crippen LogP) is 4.38. The maximum absolute atomic E-state index is 9.14. The number of hydrogen-bond donors (Lipinski definition) is 1. The Morgan fingerprint density at radius 3 is 3.07 bits per heavy atom. The molecule has 4 rings (SSSR count). The van der Waals surface area contributed by atoms with Crippen LogP contribution in [-0.4, -0.2) is 33.8 Å². The summed E-state index contributed by atoms with van der Waals surface area (Å²) in [6.07, 6.45) is 9.07. The normalized spacial score (nSPS) is 17.6. The number of aromatic nitrogens is 3. The molecule has 1 atom stereocenters. The van der Waals surface area contributed by atoms with Crippen molar-refractivity contribution in [3.05, 3.63) is 53.4 Å². The first-order valence-corrected chi connectivity index (χ1v) is 9.83. The summed E-state index contributed by atoms with van der Waals surface area (Å²) < 4.78 is 0. The molecule has 0 aliphatic carbocycles. The molecule has 0 amide bonds. The van der Waals surface area contributed by atoms with E-state index in [0.717, 1.165) is 60.5 Å². The van der Waals surface area contributed by atoms with Gasteiger partial charge in [-0.15, -0.1) is 0 Å². The first-order valence-electron chi connectivity index (χ1n) is 9.45. The Morgan fingerprint density at radius 1 is 1.32 bits per heavy atom. The fraction of sp³-hybridized carbons (Fsp3) is 0.333. The number of hydrogen-bond acceptors (Lipinski definition) is 5. The third-order valence-electron chi connectivity index (χ3n) is 5.24. The molecule has 1 aromatic carbocycles. The molecule has 1 saturated heterocycles. The fourth-order valence-corrected chi connectivity index (χ4v) is 4.16. The van der Waals surface area contributed by atoms with E-state index in [1.54, 1.807) is 6.33 Å². The summed E-state index contributed by atoms with van der Waals surface area (Å²) in [6, 6.07) is 9.76. The third kappa shape index (κ3) is 4.00. The van der Waals surface area contributed by atoms with Gasteiger partial charge in [-0.25, -0.2) is 9.97 Å². The molecule has 28 heavy (non-hydrogen) atoms. The molecular formula is C21H21ClN6. The molecule has 3 heterocycles. The summed E-state index contributed by atoms with van der Waals surface area (Å²) in [7, 11) is 0. The van der Waals surface area contributed by atoms with Crippen molar-refractivity contribution in [3.8, 4) is 6.19 Å². The van der Waals surface area contributed by atoms with Crippen LogP contribution in [0.25, 0.3) is 11.0 Å². The SMILES string of the molecule is N#CN=C(Cc1ccccc1Cl)CC1CCCN(c2ncnc3[nH]ccc23)C1. The molecule has 1 fully saturated rings. The van der Waals surface area contributed by atoms with E-state index in [-0.39, 0.29) is 0 Å². The second kappa shape index (κ2) is 8.41. The van der Waals surface area contributed by atoms with Crippen LogP contribution in [-0.2, 0) is 6.42 Å². The van der Waals surface area contributed by atoms with Gasteiger partial charge in [-0.3, -0.25) is 0 Å². The molecule has 1 aliphatic rings. The zero-order valence-electron chi connectivity index (χ0n) is 15.5. The van der Waals surface area contributed by atoms with Gasteiger partial charge in [-0.2, -0.15) is 10.3 Å². The molecule has 0 radical (unpaired) electrons. The number of rotatable bonds is 5. The number of nitrogens with one attached hydrogen (secondary N) is 1. The van der Waals surface area contributed by atoms with Crippen molar-refractivity contribution >= 4 is 34.2 Å². The van der Waals surface area contributed by atoms with Crippen LogP contribution < -0.4 is 4.90 Å². The van der Waals surface area contributed by atoms with Crippen molar-refractivity contribution in [2.24, 2.45) is 10.9 Å². The predicted molar refractivity (Wildman–Crippen MR) is 112 cm³/mol. The van der Waals surface area contributed by atoms with Gasteiger partial charge in [0.05, 0.1) is 5.39 Å². The Hall–Kier alpha value is -2.91. The Balaban J connectivity index is 1.49. The molecule has 1 unspecified atom stereocenters. The summed E-state index contributed by atoms with van der Waals surface area (Å²) in [5.74, 6) is 1.40. The molecule has 142 valence electrons. The minimum absolute atomic E-state index is 0.423. The Labute approximate surface area is 168 Å². The van der Waals surface area contributed by atoms with E-state index in [4.69, 9.17) is 16.9 Å². The Bertz CT molecular complexity index is 1030. The van der Waals surface area contributed by atoms with Crippen LogP contribution in [0.4, 0.5) is 5.82 Å². The van der Waals surface area contributed by atoms with Crippen molar-refractivity contribution in [2.45, 2.75) is 25.7 Å². The minimum atomic E-state index is 0.423. The molecule has 6 nitrogen and oxygen atoms in total. The van der Waals surface area contributed by atoms with Crippen molar-refractivity contribution in [1.29, 1.82) is 5.26 Å². The van der Waals surface area contributed by atoms with Gasteiger partial charge in [0.1, 0.15) is 17.8 Å². The quantitative estimate of drug-likeness (QED) is 0.516. The highest BCUT2D eigenvalue weighted by molar-refractivity contribution is 6.31. The molecule has 3 aromatic rings. The highest BCUT2D eigenvalue weighted by Gasteiger charge is 2.24. The van der Waals surface area contributed by atoms with E-state index < -0.39 is 0 Å². The van der Waals surface area contributed by atoms with E-state index in [1.165, 1.54) is 0 Å². The number of benzene rings is 1. The van der Waals surface area contributed by atoms with E-state index in [2.05, 4.69) is 24.8 Å². The molecule has 0 spiro atoms. The second-order valence-corrected chi connectivity index (χ2v) is 7.55. The maximum atomic E-state index is 9.14. The molecule has 1 aliphatic heterocycles. The van der Waals surface area contributed by atoms with Gasteiger partial charge >= 0.3 is 0 Å². The largest absolute Gasteiger partial charge is 0.356 e. The molecule has 7 heteroatoms. The summed E-state index contributed by atoms with van der Waals surface area (Å²) >= 11 is 6.30. The third-order valence-corrected chi connectivity index (χ3v) is 5.60. The zero-order valence-corrected chi connectivity index (χ0v) is 16.2. The second-order valence-electron chi connectivity index (χ2n) is 7.14. The van der Waals surface area contributed by atoms with Gasteiger partial charge in [0.25, 0.3) is 0 Å². The van der Waals surface area contributed by atoms with Crippen LogP contribution in [0.1, 0.15) is 24.8 Å². The smallest absolute Gasteiger partial charge is 0.205 e. The van der Waals surface area contributed by atoms with Crippen LogP contribution >= 0.6 is 11.6 Å². The van der Waals surface area contributed by atoms with Crippen LogP contribution in [0.5, 0.6) is 0 Å². The van der Waals surface area contributed by atoms with Gasteiger partial charge in [0.15, 0.2) is 0 Å². The Kier molecular flexibility index (Phi) is 5.54. The van der Waals surface area contributed by atoms with Crippen LogP contribution in [0, 0.1) is 17.4 Å². The van der Waals surface area contributed by atoms with Gasteiger partial charge in [-0.1, -0.05) is 29.8 Å². The standard InChI is InChI=1S/C21H21ClN6/c22-19-6-2-1-5-16(19)11-17(25-13-23)10-15-4-3-9-28(12-15)21-18-7-8-24-20(18)26-14-27-21/h1-2,5-8,14-15H,3-4,9-12H2,(H,24,26,27). The van der Waals surface area contributed by atoms with Crippen LogP contribution in [0.2, 0.25) is 5.02 Å². The van der Waals surface area contributed by atoms with Gasteiger partial charge in [0.2, 0.25) is 6.19 Å². The summed E-state index contributed by atoms with van der Waals surface area (Å²) in [5, 5.41) is 10.9. The van der Waals surface area contributed by atoms with Crippen molar-refractivity contribution in [1.82, 2.24) is 15.0 Å². The maximum Gasteiger partial charge on any atom is 0.205 e. The number of piperidine rings is 1. The number of fused-ring (bicyclic) bond motifs is 1. The van der Waals surface area contributed by atoms with Crippen LogP contribution in [0.3, 0.4) is 0 Å². The fourth-order valence-electron chi connectivity index (χ4n) is 3.96. The number of halogens is 1. The molecule has 0 saturated carbocycles. The van der Waals surface area contributed by atoms with Crippen LogP contribution in [0.15, 0.2) is 47.8 Å². The van der Waals surface area contributed by atoms with Gasteiger partial charge < -0.3 is 9.88 Å². The number of H-pyrrole nitrogens is 1. The lowest BCUT2D eigenvalue weighted by Gasteiger charge is -2.34. The molecule has 2 aromatic heterocycles. The minimum Gasteiger partial charge on any atom is -0.356 e. The molecular weight excluding hydrogens is 372 g/mol. The van der Waals surface area contributed by atoms with E-state index in [9.17, 15) is 0 Å². The lowest BCUT2D eigenvalue weighted by molar-refractivity contribution is 0.424. The van der Waals surface area contributed by atoms with E-state index >= 15 is 0 Å². The van der Waals surface area contributed by atoms with E-state index in [0.29, 0.717) is 17.4 Å². The van der Waals surface area contributed by atoms with E-state index in [1.807, 2.05) is 42.7 Å². The Morgan fingerprint density at radius 2 is 2.21 bits per heavy atom. The first kappa shape index (κ1) is 18.5. The van der Waals surface area contributed by atoms with Crippen molar-refractivity contribution in [2.75, 3.05) is 18.0 Å². The average Bonchev–Trinajstić information content (AvgIpc) is 3.19. The van der Waals surface area contributed by atoms with Gasteiger partial charge in [0, 0.05) is 36.4 Å². The number of nitrogens with zero attached hydrogens (tertiary/aromatic N) is 5. The topological polar surface area (TPSA) is 81.0 Å². The lowest BCUT2D eigenvalue weighted by Crippen LogP contribution is -2.37. The summed E-state index contributed by atoms with van der Waals surface area (Å²) in [5.41, 5.74) is 2.75. The summed E-state index contributed by atoms with van der Waals surface area (Å²) in [4.78, 5) is 18.4. The first-order chi connectivity index (χ1) is 13.7. The monoisotopic (exact) mass is 392 g/mol. The highest BCUT2D eigenvalue weighted by atomic mass is 35.5. The number of nitriles is 1. The average molecular weight is 393 g/mol. The van der Waals surface area contributed by atoms with Crippen molar-refractivity contribution < 1.29 is 0 Å². The number of aromatic amines is 1. The number of aliphatic imine (C=N–C) groups is 1. The van der Waals surface area contributed by atoms with Gasteiger partial charge in [-0.05, 0) is 42.9 Å². The molecule has 0 bridgehead atoms.